The molecule has 0 unspecified atom stereocenters. The highest BCUT2D eigenvalue weighted by Gasteiger charge is 1.98. The van der Waals surface area contributed by atoms with E-state index in [0.717, 1.165) is 19.1 Å². The molecule has 1 aromatic rings. The van der Waals surface area contributed by atoms with Gasteiger partial charge in [0.15, 0.2) is 6.29 Å². The predicted molar refractivity (Wildman–Crippen MR) is 142 cm³/mol. The van der Waals surface area contributed by atoms with Gasteiger partial charge in [-0.1, -0.05) is 115 Å². The van der Waals surface area contributed by atoms with E-state index in [4.69, 9.17) is 0 Å². The fraction of sp³-hybridized carbons (Fsp3) is 0.700. The first kappa shape index (κ1) is 28.5. The summed E-state index contributed by atoms with van der Waals surface area (Å²) in [5, 5.41) is 0. The molecular formula is C30H51NO. The Morgan fingerprint density at radius 2 is 1.12 bits per heavy atom. The highest BCUT2D eigenvalue weighted by Crippen LogP contribution is 2.14. The normalized spacial score (nSPS) is 11.8. The summed E-state index contributed by atoms with van der Waals surface area (Å²) in [5.41, 5.74) is 1.90. The third-order valence-corrected chi connectivity index (χ3v) is 6.29. The molecule has 0 fully saturated rings. The van der Waals surface area contributed by atoms with E-state index < -0.39 is 0 Å². The van der Waals surface area contributed by atoms with E-state index in [0.29, 0.717) is 5.69 Å². The summed E-state index contributed by atoms with van der Waals surface area (Å²) in [6.07, 6.45) is 36.9. The smallest absolute Gasteiger partial charge is 0.166 e. The molecule has 0 saturated carbocycles. The summed E-state index contributed by atoms with van der Waals surface area (Å²) in [7, 11) is 0. The number of unbranched alkanes of at least 4 members (excludes halogenated alkanes) is 16. The molecule has 1 rings (SSSR count). The van der Waals surface area contributed by atoms with Gasteiger partial charge in [-0.25, -0.2) is 0 Å². The SMILES string of the molecule is CCCCCC=CCC=CCCCCCCCCCCCCCCCc1ccc(C=O)[nH]1. The minimum absolute atomic E-state index is 0.698. The monoisotopic (exact) mass is 441 g/mol. The van der Waals surface area contributed by atoms with Gasteiger partial charge in [-0.3, -0.25) is 4.79 Å². The molecule has 0 spiro atoms. The van der Waals surface area contributed by atoms with Gasteiger partial charge in [0.05, 0.1) is 5.69 Å². The van der Waals surface area contributed by atoms with Crippen molar-refractivity contribution >= 4 is 6.29 Å². The standard InChI is InChI=1S/C30H51NO/c1-2-3-4-5-6-7-8-9-10-11-12-13-14-15-16-17-18-19-20-21-22-23-24-25-29-26-27-30(28-32)31-29/h6-7,9-10,26-28,31H,2-5,8,11-25H2,1H3. The molecule has 0 saturated heterocycles. The summed E-state index contributed by atoms with van der Waals surface area (Å²) in [6, 6.07) is 3.91. The molecule has 0 aromatic carbocycles. The summed E-state index contributed by atoms with van der Waals surface area (Å²) < 4.78 is 0. The maximum Gasteiger partial charge on any atom is 0.166 e. The molecule has 182 valence electrons. The average molecular weight is 442 g/mol. The third kappa shape index (κ3) is 18.0. The van der Waals surface area contributed by atoms with Crippen LogP contribution in [0.15, 0.2) is 36.4 Å². The van der Waals surface area contributed by atoms with Crippen LogP contribution in [0.4, 0.5) is 0 Å². The van der Waals surface area contributed by atoms with Gasteiger partial charge in [0.1, 0.15) is 0 Å². The van der Waals surface area contributed by atoms with E-state index in [9.17, 15) is 4.79 Å². The molecule has 1 aromatic heterocycles. The minimum atomic E-state index is 0.698. The van der Waals surface area contributed by atoms with Crippen molar-refractivity contribution in [3.8, 4) is 0 Å². The molecule has 0 aliphatic carbocycles. The number of rotatable bonds is 23. The zero-order chi connectivity index (χ0) is 23.0. The van der Waals surface area contributed by atoms with E-state index in [1.165, 1.54) is 121 Å². The number of aromatic nitrogens is 1. The van der Waals surface area contributed by atoms with Crippen LogP contribution in [0.5, 0.6) is 0 Å². The lowest BCUT2D eigenvalue weighted by atomic mass is 10.0. The van der Waals surface area contributed by atoms with Crippen molar-refractivity contribution in [2.24, 2.45) is 0 Å². The van der Waals surface area contributed by atoms with Gasteiger partial charge in [-0.05, 0) is 57.1 Å². The summed E-state index contributed by atoms with van der Waals surface area (Å²) in [5.74, 6) is 0. The van der Waals surface area contributed by atoms with Gasteiger partial charge in [0.2, 0.25) is 0 Å². The Bertz CT molecular complexity index is 583. The van der Waals surface area contributed by atoms with E-state index in [1.807, 2.05) is 12.1 Å². The number of aldehydes is 1. The number of H-pyrrole nitrogens is 1. The lowest BCUT2D eigenvalue weighted by Crippen LogP contribution is -1.88. The second-order valence-electron chi connectivity index (χ2n) is 9.37. The second-order valence-corrected chi connectivity index (χ2v) is 9.37. The molecular weight excluding hydrogens is 390 g/mol. The maximum atomic E-state index is 10.7. The minimum Gasteiger partial charge on any atom is -0.356 e. The van der Waals surface area contributed by atoms with Crippen molar-refractivity contribution in [2.75, 3.05) is 0 Å². The van der Waals surface area contributed by atoms with Crippen molar-refractivity contribution in [2.45, 2.75) is 135 Å². The molecule has 0 radical (unpaired) electrons. The largest absolute Gasteiger partial charge is 0.356 e. The number of carbonyl (C=O) groups is 1. The van der Waals surface area contributed by atoms with Crippen molar-refractivity contribution in [3.63, 3.8) is 0 Å². The summed E-state index contributed by atoms with van der Waals surface area (Å²) in [6.45, 7) is 2.26. The molecule has 0 aliphatic heterocycles. The van der Waals surface area contributed by atoms with Gasteiger partial charge in [-0.15, -0.1) is 0 Å². The van der Waals surface area contributed by atoms with Gasteiger partial charge in [-0.2, -0.15) is 0 Å². The van der Waals surface area contributed by atoms with Crippen LogP contribution in [0, 0.1) is 0 Å². The summed E-state index contributed by atoms with van der Waals surface area (Å²) >= 11 is 0. The quantitative estimate of drug-likeness (QED) is 0.102. The number of aryl methyl sites for hydroxylation is 1. The number of carbonyl (C=O) groups excluding carboxylic acids is 1. The van der Waals surface area contributed by atoms with Crippen molar-refractivity contribution in [1.29, 1.82) is 0 Å². The highest BCUT2D eigenvalue weighted by atomic mass is 16.1. The Hall–Kier alpha value is -1.57. The maximum absolute atomic E-state index is 10.7. The predicted octanol–water partition coefficient (Wildman–Crippen LogP) is 9.91. The molecule has 1 heterocycles. The number of nitrogens with one attached hydrogen (secondary N) is 1. The Morgan fingerprint density at radius 3 is 1.62 bits per heavy atom. The summed E-state index contributed by atoms with van der Waals surface area (Å²) in [4.78, 5) is 13.8. The average Bonchev–Trinajstić information content (AvgIpc) is 3.27. The lowest BCUT2D eigenvalue weighted by Gasteiger charge is -2.03. The zero-order valence-corrected chi connectivity index (χ0v) is 21.1. The van der Waals surface area contributed by atoms with E-state index in [2.05, 4.69) is 36.2 Å². The molecule has 1 N–H and O–H groups in total. The van der Waals surface area contributed by atoms with Crippen LogP contribution in [0.25, 0.3) is 0 Å². The molecule has 2 heteroatoms. The van der Waals surface area contributed by atoms with E-state index in [-0.39, 0.29) is 0 Å². The molecule has 0 atom stereocenters. The van der Waals surface area contributed by atoms with E-state index in [1.54, 1.807) is 0 Å². The Labute approximate surface area is 199 Å². The Morgan fingerprint density at radius 1 is 0.625 bits per heavy atom. The van der Waals surface area contributed by atoms with Crippen molar-refractivity contribution in [1.82, 2.24) is 4.98 Å². The van der Waals surface area contributed by atoms with Crippen LogP contribution in [0.2, 0.25) is 0 Å². The van der Waals surface area contributed by atoms with E-state index >= 15 is 0 Å². The highest BCUT2D eigenvalue weighted by molar-refractivity contribution is 5.71. The Kier molecular flexibility index (Phi) is 20.1. The molecule has 0 amide bonds. The van der Waals surface area contributed by atoms with Crippen molar-refractivity contribution in [3.05, 3.63) is 47.8 Å². The van der Waals surface area contributed by atoms with Crippen LogP contribution in [0.1, 0.15) is 145 Å². The van der Waals surface area contributed by atoms with Crippen LogP contribution in [-0.4, -0.2) is 11.3 Å². The fourth-order valence-electron chi connectivity index (χ4n) is 4.21. The first-order valence-electron chi connectivity index (χ1n) is 13.8. The fourth-order valence-corrected chi connectivity index (χ4v) is 4.21. The topological polar surface area (TPSA) is 32.9 Å². The molecule has 0 aliphatic rings. The number of aromatic amines is 1. The van der Waals surface area contributed by atoms with Gasteiger partial charge in [0.25, 0.3) is 0 Å². The molecule has 32 heavy (non-hydrogen) atoms. The first-order chi connectivity index (χ1) is 15.9. The zero-order valence-electron chi connectivity index (χ0n) is 21.1. The van der Waals surface area contributed by atoms with Crippen LogP contribution in [-0.2, 0) is 6.42 Å². The van der Waals surface area contributed by atoms with Gasteiger partial charge < -0.3 is 4.98 Å². The van der Waals surface area contributed by atoms with Crippen molar-refractivity contribution < 1.29 is 4.79 Å². The number of allylic oxidation sites excluding steroid dienone is 4. The number of hydrogen-bond acceptors (Lipinski definition) is 1. The van der Waals surface area contributed by atoms with Gasteiger partial charge >= 0.3 is 0 Å². The number of hydrogen-bond donors (Lipinski definition) is 1. The second kappa shape index (κ2) is 22.6. The first-order valence-corrected chi connectivity index (χ1v) is 13.8. The Balaban J connectivity index is 1.73. The molecule has 0 bridgehead atoms. The van der Waals surface area contributed by atoms with Crippen LogP contribution >= 0.6 is 0 Å². The van der Waals surface area contributed by atoms with Crippen LogP contribution in [0.3, 0.4) is 0 Å². The molecule has 2 nitrogen and oxygen atoms in total. The third-order valence-electron chi connectivity index (χ3n) is 6.29. The lowest BCUT2D eigenvalue weighted by molar-refractivity contribution is 0.111. The van der Waals surface area contributed by atoms with Crippen LogP contribution < -0.4 is 0 Å². The van der Waals surface area contributed by atoms with Gasteiger partial charge in [0, 0.05) is 5.69 Å².